The van der Waals surface area contributed by atoms with E-state index in [0.717, 1.165) is 31.6 Å². The standard InChI is InChI=1S/C12H19FN2/c1-10-9-11(5-6-12(10)13)15(2)8-4-3-7-14/h5-6,9H,3-4,7-8,14H2,1-2H3. The highest BCUT2D eigenvalue weighted by molar-refractivity contribution is 5.47. The second-order valence-electron chi connectivity index (χ2n) is 3.85. The largest absolute Gasteiger partial charge is 0.375 e. The van der Waals surface area contributed by atoms with Crippen LogP contribution >= 0.6 is 0 Å². The number of nitrogens with two attached hydrogens (primary N) is 1. The van der Waals surface area contributed by atoms with E-state index in [0.29, 0.717) is 5.56 Å². The van der Waals surface area contributed by atoms with Crippen LogP contribution in [0, 0.1) is 12.7 Å². The molecule has 84 valence electrons. The van der Waals surface area contributed by atoms with Crippen molar-refractivity contribution in [3.05, 3.63) is 29.6 Å². The minimum Gasteiger partial charge on any atom is -0.375 e. The Hall–Kier alpha value is -1.09. The molecule has 0 saturated heterocycles. The molecule has 2 N–H and O–H groups in total. The van der Waals surface area contributed by atoms with Gasteiger partial charge in [0.15, 0.2) is 0 Å². The van der Waals surface area contributed by atoms with Crippen molar-refractivity contribution in [1.82, 2.24) is 0 Å². The van der Waals surface area contributed by atoms with Gasteiger partial charge in [-0.05, 0) is 50.1 Å². The number of hydrogen-bond donors (Lipinski definition) is 1. The molecule has 0 amide bonds. The third-order valence-electron chi connectivity index (χ3n) is 2.53. The Labute approximate surface area is 90.9 Å². The first-order valence-electron chi connectivity index (χ1n) is 5.32. The van der Waals surface area contributed by atoms with Crippen LogP contribution in [-0.2, 0) is 0 Å². The van der Waals surface area contributed by atoms with Crippen LogP contribution in [0.3, 0.4) is 0 Å². The Bertz CT molecular complexity index is 312. The van der Waals surface area contributed by atoms with Crippen LogP contribution in [0.4, 0.5) is 10.1 Å². The zero-order valence-corrected chi connectivity index (χ0v) is 9.46. The molecule has 0 aromatic heterocycles. The number of aryl methyl sites for hydroxylation is 1. The van der Waals surface area contributed by atoms with E-state index in [2.05, 4.69) is 4.90 Å². The average Bonchev–Trinajstić information content (AvgIpc) is 2.22. The van der Waals surface area contributed by atoms with Crippen molar-refractivity contribution >= 4 is 5.69 Å². The van der Waals surface area contributed by atoms with Crippen LogP contribution in [0.25, 0.3) is 0 Å². The van der Waals surface area contributed by atoms with Crippen LogP contribution in [0.15, 0.2) is 18.2 Å². The Morgan fingerprint density at radius 1 is 1.33 bits per heavy atom. The molecule has 0 heterocycles. The third-order valence-corrected chi connectivity index (χ3v) is 2.53. The maximum absolute atomic E-state index is 13.0. The summed E-state index contributed by atoms with van der Waals surface area (Å²) in [7, 11) is 2.02. The summed E-state index contributed by atoms with van der Waals surface area (Å²) >= 11 is 0. The van der Waals surface area contributed by atoms with Gasteiger partial charge in [0.1, 0.15) is 5.82 Å². The number of halogens is 1. The van der Waals surface area contributed by atoms with Gasteiger partial charge in [-0.2, -0.15) is 0 Å². The number of nitrogens with zero attached hydrogens (tertiary/aromatic N) is 1. The highest BCUT2D eigenvalue weighted by Crippen LogP contribution is 2.17. The summed E-state index contributed by atoms with van der Waals surface area (Å²) in [6.45, 7) is 3.48. The lowest BCUT2D eigenvalue weighted by atomic mass is 10.2. The van der Waals surface area contributed by atoms with Crippen molar-refractivity contribution in [2.45, 2.75) is 19.8 Å². The molecule has 0 unspecified atom stereocenters. The molecule has 0 radical (unpaired) electrons. The van der Waals surface area contributed by atoms with Crippen molar-refractivity contribution in [2.24, 2.45) is 5.73 Å². The fraction of sp³-hybridized carbons (Fsp3) is 0.500. The highest BCUT2D eigenvalue weighted by atomic mass is 19.1. The number of hydrogen-bond acceptors (Lipinski definition) is 2. The van der Waals surface area contributed by atoms with Crippen molar-refractivity contribution in [1.29, 1.82) is 0 Å². The summed E-state index contributed by atoms with van der Waals surface area (Å²) < 4.78 is 13.0. The quantitative estimate of drug-likeness (QED) is 0.756. The van der Waals surface area contributed by atoms with Crippen LogP contribution in [0.5, 0.6) is 0 Å². The summed E-state index contributed by atoms with van der Waals surface area (Å²) in [4.78, 5) is 2.13. The number of rotatable bonds is 5. The molecule has 0 bridgehead atoms. The average molecular weight is 210 g/mol. The number of anilines is 1. The molecule has 1 rings (SSSR count). The van der Waals surface area contributed by atoms with Crippen LogP contribution in [-0.4, -0.2) is 20.1 Å². The molecule has 1 aromatic carbocycles. The van der Waals surface area contributed by atoms with E-state index in [9.17, 15) is 4.39 Å². The van der Waals surface area contributed by atoms with Crippen molar-refractivity contribution < 1.29 is 4.39 Å². The van der Waals surface area contributed by atoms with Gasteiger partial charge < -0.3 is 10.6 Å². The molecule has 0 fully saturated rings. The minimum atomic E-state index is -0.144. The second-order valence-corrected chi connectivity index (χ2v) is 3.85. The van der Waals surface area contributed by atoms with Crippen molar-refractivity contribution in [3.8, 4) is 0 Å². The highest BCUT2D eigenvalue weighted by Gasteiger charge is 2.03. The fourth-order valence-corrected chi connectivity index (χ4v) is 1.49. The van der Waals surface area contributed by atoms with Crippen LogP contribution in [0.2, 0.25) is 0 Å². The normalized spacial score (nSPS) is 10.4. The molecule has 0 atom stereocenters. The molecular formula is C12H19FN2. The summed E-state index contributed by atoms with van der Waals surface area (Å²) in [5.41, 5.74) is 7.18. The van der Waals surface area contributed by atoms with Gasteiger partial charge in [-0.3, -0.25) is 0 Å². The van der Waals surface area contributed by atoms with Gasteiger partial charge in [0.25, 0.3) is 0 Å². The molecule has 0 aliphatic heterocycles. The predicted octanol–water partition coefficient (Wildman–Crippen LogP) is 2.31. The lowest BCUT2D eigenvalue weighted by Crippen LogP contribution is -2.19. The molecule has 0 saturated carbocycles. The summed E-state index contributed by atoms with van der Waals surface area (Å²) in [5, 5.41) is 0. The number of unbranched alkanes of at least 4 members (excludes halogenated alkanes) is 1. The Morgan fingerprint density at radius 3 is 2.67 bits per heavy atom. The Kier molecular flexibility index (Phi) is 4.56. The monoisotopic (exact) mass is 210 g/mol. The first kappa shape index (κ1) is 12.0. The van der Waals surface area contributed by atoms with Crippen LogP contribution in [0.1, 0.15) is 18.4 Å². The van der Waals surface area contributed by atoms with Crippen molar-refractivity contribution in [3.63, 3.8) is 0 Å². The molecule has 0 aliphatic rings. The predicted molar refractivity (Wildman–Crippen MR) is 62.7 cm³/mol. The van der Waals surface area contributed by atoms with Gasteiger partial charge in [-0.1, -0.05) is 0 Å². The maximum atomic E-state index is 13.0. The fourth-order valence-electron chi connectivity index (χ4n) is 1.49. The Balaban J connectivity index is 2.57. The molecule has 3 heteroatoms. The molecule has 1 aromatic rings. The summed E-state index contributed by atoms with van der Waals surface area (Å²) in [6.07, 6.45) is 2.11. The Morgan fingerprint density at radius 2 is 2.07 bits per heavy atom. The molecule has 0 spiro atoms. The SMILES string of the molecule is Cc1cc(N(C)CCCCN)ccc1F. The van der Waals surface area contributed by atoms with Gasteiger partial charge >= 0.3 is 0 Å². The van der Waals surface area contributed by atoms with Gasteiger partial charge in [0.2, 0.25) is 0 Å². The maximum Gasteiger partial charge on any atom is 0.126 e. The zero-order valence-electron chi connectivity index (χ0n) is 9.46. The van der Waals surface area contributed by atoms with E-state index in [1.54, 1.807) is 6.92 Å². The zero-order chi connectivity index (χ0) is 11.3. The second kappa shape index (κ2) is 5.71. The van der Waals surface area contributed by atoms with Gasteiger partial charge in [-0.25, -0.2) is 4.39 Å². The molecule has 2 nitrogen and oxygen atoms in total. The number of benzene rings is 1. The van der Waals surface area contributed by atoms with Gasteiger partial charge in [0.05, 0.1) is 0 Å². The van der Waals surface area contributed by atoms with E-state index in [-0.39, 0.29) is 5.82 Å². The smallest absolute Gasteiger partial charge is 0.126 e. The summed E-state index contributed by atoms with van der Waals surface area (Å²) in [5.74, 6) is -0.144. The van der Waals surface area contributed by atoms with E-state index in [4.69, 9.17) is 5.73 Å². The van der Waals surface area contributed by atoms with Crippen LogP contribution < -0.4 is 10.6 Å². The first-order valence-corrected chi connectivity index (χ1v) is 5.32. The van der Waals surface area contributed by atoms with E-state index >= 15 is 0 Å². The van der Waals surface area contributed by atoms with Gasteiger partial charge in [0, 0.05) is 19.3 Å². The molecule has 0 aliphatic carbocycles. The molecule has 15 heavy (non-hydrogen) atoms. The topological polar surface area (TPSA) is 29.3 Å². The summed E-state index contributed by atoms with van der Waals surface area (Å²) in [6, 6.07) is 5.20. The van der Waals surface area contributed by atoms with E-state index in [1.165, 1.54) is 6.07 Å². The first-order chi connectivity index (χ1) is 7.15. The van der Waals surface area contributed by atoms with Gasteiger partial charge in [-0.15, -0.1) is 0 Å². The molecular weight excluding hydrogens is 191 g/mol. The minimum absolute atomic E-state index is 0.144. The third kappa shape index (κ3) is 3.51. The lowest BCUT2D eigenvalue weighted by Gasteiger charge is -2.19. The van der Waals surface area contributed by atoms with Crippen molar-refractivity contribution in [2.75, 3.05) is 25.0 Å². The van der Waals surface area contributed by atoms with E-state index in [1.807, 2.05) is 19.2 Å². The van der Waals surface area contributed by atoms with E-state index < -0.39 is 0 Å². The lowest BCUT2D eigenvalue weighted by molar-refractivity contribution is 0.618.